The average molecular weight is 355 g/mol. The van der Waals surface area contributed by atoms with Gasteiger partial charge in [0.25, 0.3) is 5.91 Å². The number of benzene rings is 2. The van der Waals surface area contributed by atoms with E-state index in [2.05, 4.69) is 15.6 Å². The van der Waals surface area contributed by atoms with Crippen LogP contribution in [-0.4, -0.2) is 20.9 Å². The summed E-state index contributed by atoms with van der Waals surface area (Å²) in [5, 5.41) is 11.6. The second-order valence-electron chi connectivity index (χ2n) is 6.16. The second kappa shape index (κ2) is 6.69. The number of carbonyl (C=O) groups excluding carboxylic acids is 1. The molecule has 5 nitrogen and oxygen atoms in total. The fraction of sp³-hybridized carbons (Fsp3) is 0.211. The monoisotopic (exact) mass is 354 g/mol. The first-order valence-corrected chi connectivity index (χ1v) is 8.32. The molecule has 0 aliphatic rings. The van der Waals surface area contributed by atoms with Gasteiger partial charge in [-0.05, 0) is 62.6 Å². The van der Waals surface area contributed by atoms with Gasteiger partial charge in [0.15, 0.2) is 5.69 Å². The van der Waals surface area contributed by atoms with Gasteiger partial charge >= 0.3 is 0 Å². The lowest BCUT2D eigenvalue weighted by molar-refractivity contribution is 0.102. The Kier molecular flexibility index (Phi) is 4.59. The van der Waals surface area contributed by atoms with Crippen LogP contribution in [0, 0.1) is 27.7 Å². The van der Waals surface area contributed by atoms with Crippen LogP contribution in [0.2, 0.25) is 5.02 Å². The van der Waals surface area contributed by atoms with Crippen LogP contribution >= 0.6 is 11.6 Å². The lowest BCUT2D eigenvalue weighted by atomic mass is 10.1. The second-order valence-corrected chi connectivity index (χ2v) is 6.57. The molecule has 6 heteroatoms. The normalized spacial score (nSPS) is 10.8. The van der Waals surface area contributed by atoms with Crippen molar-refractivity contribution in [3.63, 3.8) is 0 Å². The molecule has 1 aromatic heterocycles. The Hall–Kier alpha value is -2.66. The van der Waals surface area contributed by atoms with Crippen LogP contribution in [0.3, 0.4) is 0 Å². The molecule has 0 unspecified atom stereocenters. The van der Waals surface area contributed by atoms with Crippen molar-refractivity contribution in [3.05, 3.63) is 69.5 Å². The highest BCUT2D eigenvalue weighted by Gasteiger charge is 2.19. The van der Waals surface area contributed by atoms with Crippen molar-refractivity contribution in [2.24, 2.45) is 0 Å². The molecular weight excluding hydrogens is 336 g/mol. The maximum absolute atomic E-state index is 12.6. The molecule has 0 fully saturated rings. The number of aromatic nitrogens is 3. The van der Waals surface area contributed by atoms with Crippen molar-refractivity contribution < 1.29 is 4.79 Å². The molecule has 0 spiro atoms. The lowest BCUT2D eigenvalue weighted by Gasteiger charge is -2.09. The smallest absolute Gasteiger partial charge is 0.278 e. The number of amides is 1. The zero-order valence-electron chi connectivity index (χ0n) is 14.6. The molecular formula is C19H19ClN4O. The maximum Gasteiger partial charge on any atom is 0.278 e. The molecule has 0 radical (unpaired) electrons. The number of hydrogen-bond donors (Lipinski definition) is 1. The molecule has 0 saturated heterocycles. The summed E-state index contributed by atoms with van der Waals surface area (Å²) < 4.78 is 1.59. The Bertz CT molecular complexity index is 962. The number of carbonyl (C=O) groups is 1. The minimum atomic E-state index is -0.291. The Morgan fingerprint density at radius 1 is 1.04 bits per heavy atom. The van der Waals surface area contributed by atoms with Gasteiger partial charge in [-0.25, -0.2) is 4.68 Å². The number of rotatable bonds is 3. The van der Waals surface area contributed by atoms with Gasteiger partial charge in [0.05, 0.1) is 16.4 Å². The van der Waals surface area contributed by atoms with Crippen molar-refractivity contribution in [2.45, 2.75) is 27.7 Å². The minimum Gasteiger partial charge on any atom is -0.320 e. The summed E-state index contributed by atoms with van der Waals surface area (Å²) in [5.74, 6) is -0.291. The van der Waals surface area contributed by atoms with Crippen LogP contribution < -0.4 is 5.32 Å². The average Bonchev–Trinajstić information content (AvgIpc) is 2.95. The van der Waals surface area contributed by atoms with Crippen LogP contribution in [0.25, 0.3) is 5.69 Å². The fourth-order valence-electron chi connectivity index (χ4n) is 2.60. The Balaban J connectivity index is 1.94. The van der Waals surface area contributed by atoms with Crippen molar-refractivity contribution in [1.82, 2.24) is 15.0 Å². The van der Waals surface area contributed by atoms with Gasteiger partial charge in [-0.3, -0.25) is 4.79 Å². The molecule has 0 aliphatic heterocycles. The third-order valence-electron chi connectivity index (χ3n) is 4.08. The largest absolute Gasteiger partial charge is 0.320 e. The quantitative estimate of drug-likeness (QED) is 0.758. The van der Waals surface area contributed by atoms with Crippen molar-refractivity contribution in [2.75, 3.05) is 5.32 Å². The van der Waals surface area contributed by atoms with Gasteiger partial charge in [0.1, 0.15) is 0 Å². The highest BCUT2D eigenvalue weighted by atomic mass is 35.5. The van der Waals surface area contributed by atoms with Gasteiger partial charge in [-0.15, -0.1) is 5.10 Å². The van der Waals surface area contributed by atoms with Crippen LogP contribution in [0.4, 0.5) is 5.69 Å². The van der Waals surface area contributed by atoms with E-state index in [4.69, 9.17) is 11.6 Å². The third kappa shape index (κ3) is 3.42. The van der Waals surface area contributed by atoms with Gasteiger partial charge in [-0.1, -0.05) is 35.0 Å². The zero-order valence-corrected chi connectivity index (χ0v) is 15.3. The first-order chi connectivity index (χ1) is 11.9. The van der Waals surface area contributed by atoms with Gasteiger partial charge in [0.2, 0.25) is 0 Å². The van der Waals surface area contributed by atoms with Crippen molar-refractivity contribution in [3.8, 4) is 5.69 Å². The van der Waals surface area contributed by atoms with Crippen LogP contribution in [-0.2, 0) is 0 Å². The first kappa shape index (κ1) is 17.2. The number of nitrogens with one attached hydrogen (secondary N) is 1. The third-order valence-corrected chi connectivity index (χ3v) is 4.40. The highest BCUT2D eigenvalue weighted by Crippen LogP contribution is 2.23. The van der Waals surface area contributed by atoms with Gasteiger partial charge in [0, 0.05) is 5.69 Å². The summed E-state index contributed by atoms with van der Waals surface area (Å²) >= 11 is 6.27. The van der Waals surface area contributed by atoms with E-state index in [0.717, 1.165) is 22.4 Å². The topological polar surface area (TPSA) is 59.8 Å². The molecule has 2 aromatic carbocycles. The Morgan fingerprint density at radius 3 is 2.48 bits per heavy atom. The van der Waals surface area contributed by atoms with Crippen LogP contribution in [0.15, 0.2) is 36.4 Å². The van der Waals surface area contributed by atoms with Crippen molar-refractivity contribution in [1.29, 1.82) is 0 Å². The van der Waals surface area contributed by atoms with Gasteiger partial charge in [-0.2, -0.15) is 0 Å². The fourth-order valence-corrected chi connectivity index (χ4v) is 2.80. The van der Waals surface area contributed by atoms with E-state index in [0.29, 0.717) is 16.4 Å². The molecule has 0 bridgehead atoms. The zero-order chi connectivity index (χ0) is 18.1. The molecule has 25 heavy (non-hydrogen) atoms. The summed E-state index contributed by atoms with van der Waals surface area (Å²) in [6.07, 6.45) is 0. The molecule has 1 N–H and O–H groups in total. The molecule has 128 valence electrons. The van der Waals surface area contributed by atoms with E-state index in [1.807, 2.05) is 57.2 Å². The van der Waals surface area contributed by atoms with Crippen LogP contribution in [0.1, 0.15) is 32.9 Å². The number of halogens is 1. The van der Waals surface area contributed by atoms with E-state index in [1.165, 1.54) is 0 Å². The van der Waals surface area contributed by atoms with Crippen LogP contribution in [0.5, 0.6) is 0 Å². The van der Waals surface area contributed by atoms with E-state index < -0.39 is 0 Å². The van der Waals surface area contributed by atoms with Crippen molar-refractivity contribution >= 4 is 23.2 Å². The predicted molar refractivity (Wildman–Crippen MR) is 99.7 cm³/mol. The molecule has 1 amide bonds. The Labute approximate surface area is 151 Å². The molecule has 3 aromatic rings. The first-order valence-electron chi connectivity index (χ1n) is 7.94. The van der Waals surface area contributed by atoms with E-state index in [1.54, 1.807) is 11.6 Å². The van der Waals surface area contributed by atoms with E-state index >= 15 is 0 Å². The number of anilines is 1. The van der Waals surface area contributed by atoms with Gasteiger partial charge < -0.3 is 5.32 Å². The van der Waals surface area contributed by atoms with E-state index in [-0.39, 0.29) is 11.6 Å². The summed E-state index contributed by atoms with van der Waals surface area (Å²) in [6, 6.07) is 11.6. The number of hydrogen-bond acceptors (Lipinski definition) is 3. The molecule has 1 heterocycles. The van der Waals surface area contributed by atoms with E-state index in [9.17, 15) is 4.79 Å². The molecule has 0 saturated carbocycles. The number of nitrogens with zero attached hydrogens (tertiary/aromatic N) is 3. The highest BCUT2D eigenvalue weighted by molar-refractivity contribution is 6.32. The Morgan fingerprint density at radius 2 is 1.72 bits per heavy atom. The molecule has 0 aliphatic carbocycles. The molecule has 0 atom stereocenters. The summed E-state index contributed by atoms with van der Waals surface area (Å²) in [4.78, 5) is 12.6. The summed E-state index contributed by atoms with van der Waals surface area (Å²) in [7, 11) is 0. The standard InChI is InChI=1S/C19H19ClN4O/c1-11-5-7-13(3)16(9-11)21-19(25)18-14(4)24(23-22-18)17-10-12(2)6-8-15(17)20/h5-10H,1-4H3,(H,21,25). The predicted octanol–water partition coefficient (Wildman–Crippen LogP) is 4.41. The summed E-state index contributed by atoms with van der Waals surface area (Å²) in [6.45, 7) is 7.71. The summed E-state index contributed by atoms with van der Waals surface area (Å²) in [5.41, 5.74) is 5.51. The molecule has 3 rings (SSSR count). The lowest BCUT2D eigenvalue weighted by Crippen LogP contribution is -2.15. The SMILES string of the molecule is Cc1ccc(C)c(NC(=O)c2nnn(-c3cc(C)ccc3Cl)c2C)c1. The maximum atomic E-state index is 12.6. The minimum absolute atomic E-state index is 0.276. The number of aryl methyl sites for hydroxylation is 3.